The molecule has 0 atom stereocenters. The maximum Gasteiger partial charge on any atom is 0.437 e. The highest BCUT2D eigenvalue weighted by Gasteiger charge is 2.39. The molecule has 27 heavy (non-hydrogen) atoms. The van der Waals surface area contributed by atoms with E-state index in [9.17, 15) is 18.0 Å². The van der Waals surface area contributed by atoms with Crippen LogP contribution in [-0.2, 0) is 6.18 Å². The minimum absolute atomic E-state index is 0.0601. The molecule has 2 aromatic heterocycles. The van der Waals surface area contributed by atoms with Gasteiger partial charge >= 0.3 is 6.18 Å². The van der Waals surface area contributed by atoms with Gasteiger partial charge in [0.25, 0.3) is 5.56 Å². The summed E-state index contributed by atoms with van der Waals surface area (Å²) in [6.45, 7) is 0. The van der Waals surface area contributed by atoms with Gasteiger partial charge in [0.15, 0.2) is 5.69 Å². The molecule has 6 nitrogen and oxygen atoms in total. The van der Waals surface area contributed by atoms with Gasteiger partial charge in [0, 0.05) is 17.2 Å². The van der Waals surface area contributed by atoms with Gasteiger partial charge in [-0.15, -0.1) is 11.8 Å². The van der Waals surface area contributed by atoms with Crippen molar-refractivity contribution >= 4 is 35.0 Å². The molecule has 2 heterocycles. The fourth-order valence-corrected chi connectivity index (χ4v) is 2.68. The first-order valence-corrected chi connectivity index (χ1v) is 9.10. The van der Waals surface area contributed by atoms with Gasteiger partial charge in [0.2, 0.25) is 11.7 Å². The van der Waals surface area contributed by atoms with Crippen molar-refractivity contribution in [1.82, 2.24) is 19.7 Å². The molecule has 0 spiro atoms. The van der Waals surface area contributed by atoms with Crippen LogP contribution in [0.4, 0.5) is 13.2 Å². The lowest BCUT2D eigenvalue weighted by Gasteiger charge is -2.13. The Morgan fingerprint density at radius 1 is 1.26 bits per heavy atom. The molecule has 3 aromatic rings. The Balaban J connectivity index is 2.10. The van der Waals surface area contributed by atoms with Gasteiger partial charge in [-0.2, -0.15) is 18.3 Å². The molecule has 12 heteroatoms. The minimum atomic E-state index is -4.94. The molecule has 1 N–H and O–H groups in total. The van der Waals surface area contributed by atoms with Crippen LogP contribution in [0, 0.1) is 0 Å². The van der Waals surface area contributed by atoms with Crippen molar-refractivity contribution in [3.05, 3.63) is 56.7 Å². The summed E-state index contributed by atoms with van der Waals surface area (Å²) in [6.07, 6.45) is -0.308. The van der Waals surface area contributed by atoms with E-state index in [2.05, 4.69) is 15.1 Å². The van der Waals surface area contributed by atoms with Crippen molar-refractivity contribution < 1.29 is 17.9 Å². The van der Waals surface area contributed by atoms with E-state index in [-0.39, 0.29) is 15.8 Å². The Morgan fingerprint density at radius 2 is 2.00 bits per heavy atom. The van der Waals surface area contributed by atoms with Gasteiger partial charge in [-0.05, 0) is 18.4 Å². The van der Waals surface area contributed by atoms with Gasteiger partial charge in [-0.1, -0.05) is 23.2 Å². The van der Waals surface area contributed by atoms with Crippen LogP contribution in [0.2, 0.25) is 10.0 Å². The second-order valence-electron chi connectivity index (χ2n) is 5.07. The number of aromatic nitrogens is 4. The lowest BCUT2D eigenvalue weighted by molar-refractivity contribution is -0.142. The normalized spacial score (nSPS) is 11.6. The molecule has 0 aliphatic rings. The summed E-state index contributed by atoms with van der Waals surface area (Å²) in [4.78, 5) is 18.7. The Morgan fingerprint density at radius 3 is 2.59 bits per heavy atom. The summed E-state index contributed by atoms with van der Waals surface area (Å²) >= 11 is 12.9. The largest absolute Gasteiger partial charge is 0.449 e. The molecule has 142 valence electrons. The number of nitrogens with zero attached hydrogens (tertiary/aromatic N) is 3. The van der Waals surface area contributed by atoms with Crippen LogP contribution in [0.25, 0.3) is 5.95 Å². The SMILES string of the molecule is CSc1cnn(-c2nc(C(F)(F)F)c(Oc3ccc(Cl)c(Cl)c3)c(=O)[nH]2)c1. The predicted octanol–water partition coefficient (Wildman–Crippen LogP) is 4.80. The Kier molecular flexibility index (Phi) is 5.41. The number of aromatic amines is 1. The van der Waals surface area contributed by atoms with Gasteiger partial charge in [-0.25, -0.2) is 9.67 Å². The smallest absolute Gasteiger partial charge is 0.437 e. The van der Waals surface area contributed by atoms with E-state index < -0.39 is 29.1 Å². The average molecular weight is 437 g/mol. The molecule has 0 aliphatic carbocycles. The van der Waals surface area contributed by atoms with Gasteiger partial charge < -0.3 is 4.74 Å². The first kappa shape index (κ1) is 19.6. The van der Waals surface area contributed by atoms with Crippen LogP contribution < -0.4 is 10.3 Å². The predicted molar refractivity (Wildman–Crippen MR) is 95.3 cm³/mol. The number of alkyl halides is 3. The number of hydrogen-bond donors (Lipinski definition) is 1. The zero-order chi connectivity index (χ0) is 19.8. The maximum absolute atomic E-state index is 13.5. The molecule has 0 fully saturated rings. The monoisotopic (exact) mass is 436 g/mol. The van der Waals surface area contributed by atoms with Crippen LogP contribution in [0.5, 0.6) is 11.5 Å². The van der Waals surface area contributed by atoms with Crippen molar-refractivity contribution in [2.75, 3.05) is 6.26 Å². The number of benzene rings is 1. The lowest BCUT2D eigenvalue weighted by Crippen LogP contribution is -2.22. The van der Waals surface area contributed by atoms with E-state index >= 15 is 0 Å². The lowest BCUT2D eigenvalue weighted by atomic mass is 10.3. The molecule has 0 bridgehead atoms. The van der Waals surface area contributed by atoms with Crippen LogP contribution in [0.15, 0.2) is 40.3 Å². The van der Waals surface area contributed by atoms with E-state index in [4.69, 9.17) is 27.9 Å². The molecule has 0 saturated heterocycles. The second kappa shape index (κ2) is 7.45. The first-order chi connectivity index (χ1) is 12.7. The van der Waals surface area contributed by atoms with Crippen LogP contribution in [-0.4, -0.2) is 26.0 Å². The number of hydrogen-bond acceptors (Lipinski definition) is 5. The molecule has 0 amide bonds. The summed E-state index contributed by atoms with van der Waals surface area (Å²) < 4.78 is 46.5. The quantitative estimate of drug-likeness (QED) is 0.594. The second-order valence-corrected chi connectivity index (χ2v) is 6.76. The summed E-state index contributed by atoms with van der Waals surface area (Å²) in [5.74, 6) is -1.50. The summed E-state index contributed by atoms with van der Waals surface area (Å²) in [5.41, 5.74) is -2.62. The van der Waals surface area contributed by atoms with Crippen molar-refractivity contribution in [3.8, 4) is 17.4 Å². The van der Waals surface area contributed by atoms with Gasteiger partial charge in [0.05, 0.1) is 16.2 Å². The number of thioether (sulfide) groups is 1. The molecular weight excluding hydrogens is 428 g/mol. The van der Waals surface area contributed by atoms with Gasteiger partial charge in [0.1, 0.15) is 5.75 Å². The highest BCUT2D eigenvalue weighted by molar-refractivity contribution is 7.98. The first-order valence-electron chi connectivity index (χ1n) is 7.12. The molecule has 0 radical (unpaired) electrons. The van der Waals surface area contributed by atoms with Crippen molar-refractivity contribution in [1.29, 1.82) is 0 Å². The third kappa shape index (κ3) is 4.23. The molecule has 0 aliphatic heterocycles. The number of H-pyrrole nitrogens is 1. The average Bonchev–Trinajstić information content (AvgIpc) is 3.08. The Hall–Kier alpha value is -2.17. The number of nitrogens with one attached hydrogen (secondary N) is 1. The van der Waals surface area contributed by atoms with Crippen molar-refractivity contribution in [2.45, 2.75) is 11.1 Å². The standard InChI is InChI=1S/C15H9Cl2F3N4O2S/c1-27-8-5-21-24(6-8)14-22-12(15(18,19)20)11(13(25)23-14)26-7-2-3-9(16)10(17)4-7/h2-6H,1H3,(H,22,23,25). The van der Waals surface area contributed by atoms with E-state index in [0.717, 1.165) is 4.68 Å². The molecule has 0 unspecified atom stereocenters. The zero-order valence-electron chi connectivity index (χ0n) is 13.3. The Labute approximate surface area is 164 Å². The number of halogens is 5. The number of rotatable bonds is 4. The van der Waals surface area contributed by atoms with Crippen LogP contribution in [0.1, 0.15) is 5.69 Å². The van der Waals surface area contributed by atoms with E-state index in [0.29, 0.717) is 4.90 Å². The molecule has 3 rings (SSSR count). The fourth-order valence-electron chi connectivity index (χ4n) is 2.03. The maximum atomic E-state index is 13.5. The van der Waals surface area contributed by atoms with Crippen molar-refractivity contribution in [2.24, 2.45) is 0 Å². The van der Waals surface area contributed by atoms with E-state index in [1.54, 1.807) is 6.26 Å². The minimum Gasteiger partial charge on any atom is -0.449 e. The third-order valence-electron chi connectivity index (χ3n) is 3.26. The third-order valence-corrected chi connectivity index (χ3v) is 4.68. The Bertz CT molecular complexity index is 1050. The van der Waals surface area contributed by atoms with Crippen LogP contribution >= 0.6 is 35.0 Å². The van der Waals surface area contributed by atoms with Crippen molar-refractivity contribution in [3.63, 3.8) is 0 Å². The topological polar surface area (TPSA) is 72.8 Å². The summed E-state index contributed by atoms with van der Waals surface area (Å²) in [6, 6.07) is 3.80. The van der Waals surface area contributed by atoms with E-state index in [1.165, 1.54) is 42.4 Å². The highest BCUT2D eigenvalue weighted by Crippen LogP contribution is 2.36. The summed E-state index contributed by atoms with van der Waals surface area (Å²) in [5, 5.41) is 4.13. The fraction of sp³-hybridized carbons (Fsp3) is 0.133. The van der Waals surface area contributed by atoms with Crippen LogP contribution in [0.3, 0.4) is 0 Å². The molecule has 1 aromatic carbocycles. The highest BCUT2D eigenvalue weighted by atomic mass is 35.5. The molecular formula is C15H9Cl2F3N4O2S. The molecule has 0 saturated carbocycles. The van der Waals surface area contributed by atoms with E-state index in [1.807, 2.05) is 0 Å². The summed E-state index contributed by atoms with van der Waals surface area (Å²) in [7, 11) is 0. The van der Waals surface area contributed by atoms with Gasteiger partial charge in [-0.3, -0.25) is 9.78 Å². The zero-order valence-corrected chi connectivity index (χ0v) is 15.7. The number of ether oxygens (including phenoxy) is 1.